The third-order valence-corrected chi connectivity index (χ3v) is 8.90. The molecule has 0 aromatic heterocycles. The van der Waals surface area contributed by atoms with Crippen LogP contribution in [0.15, 0.2) is 59.5 Å². The van der Waals surface area contributed by atoms with Crippen LogP contribution in [0.5, 0.6) is 0 Å². The minimum absolute atomic E-state index is 0.0453. The third-order valence-electron chi connectivity index (χ3n) is 6.98. The summed E-state index contributed by atoms with van der Waals surface area (Å²) in [6, 6.07) is 17.6. The van der Waals surface area contributed by atoms with Crippen LogP contribution in [0.2, 0.25) is 0 Å². The van der Waals surface area contributed by atoms with Crippen LogP contribution in [0, 0.1) is 0 Å². The molecule has 7 nitrogen and oxygen atoms in total. The number of piperidine rings is 1. The minimum Gasteiger partial charge on any atom is -0.369 e. The molecule has 2 aromatic rings. The number of nitrogens with zero attached hydrogens (tertiary/aromatic N) is 3. The predicted molar refractivity (Wildman–Crippen MR) is 140 cm³/mol. The maximum absolute atomic E-state index is 12.8. The van der Waals surface area contributed by atoms with Crippen molar-refractivity contribution >= 4 is 21.6 Å². The first-order chi connectivity index (χ1) is 17.0. The number of para-hydroxylation sites is 1. The standard InChI is InChI=1S/C27H38N4O3S/c32-27(28-16-7-17-29-20-22-30(23-21-29)25-8-3-1-4-9-25)15-12-24-10-13-26(14-11-24)35(33,34)31-18-5-2-6-19-31/h1,3-4,8-11,13-14H,2,5-7,12,15-23H2,(H,28,32). The molecule has 8 heteroatoms. The highest BCUT2D eigenvalue weighted by Gasteiger charge is 2.25. The maximum atomic E-state index is 12.8. The van der Waals surface area contributed by atoms with E-state index in [-0.39, 0.29) is 5.91 Å². The summed E-state index contributed by atoms with van der Waals surface area (Å²) in [5.41, 5.74) is 2.27. The van der Waals surface area contributed by atoms with Crippen molar-refractivity contribution in [3.8, 4) is 0 Å². The summed E-state index contributed by atoms with van der Waals surface area (Å²) < 4.78 is 27.1. The fourth-order valence-electron chi connectivity index (χ4n) is 4.83. The van der Waals surface area contributed by atoms with Gasteiger partial charge in [0.1, 0.15) is 0 Å². The summed E-state index contributed by atoms with van der Waals surface area (Å²) in [5.74, 6) is 0.0453. The van der Waals surface area contributed by atoms with Crippen molar-refractivity contribution in [1.82, 2.24) is 14.5 Å². The number of benzene rings is 2. The number of hydrogen-bond acceptors (Lipinski definition) is 5. The molecule has 0 atom stereocenters. The molecule has 0 aliphatic carbocycles. The smallest absolute Gasteiger partial charge is 0.243 e. The first-order valence-electron chi connectivity index (χ1n) is 12.9. The fourth-order valence-corrected chi connectivity index (χ4v) is 6.34. The zero-order valence-electron chi connectivity index (χ0n) is 20.6. The molecule has 0 radical (unpaired) electrons. The Labute approximate surface area is 210 Å². The Morgan fingerprint density at radius 2 is 1.51 bits per heavy atom. The van der Waals surface area contributed by atoms with Crippen molar-refractivity contribution < 1.29 is 13.2 Å². The summed E-state index contributed by atoms with van der Waals surface area (Å²) in [6.07, 6.45) is 4.92. The van der Waals surface area contributed by atoms with Crippen molar-refractivity contribution in [2.45, 2.75) is 43.4 Å². The number of amides is 1. The van der Waals surface area contributed by atoms with Gasteiger partial charge in [-0.05, 0) is 62.1 Å². The largest absolute Gasteiger partial charge is 0.369 e. The van der Waals surface area contributed by atoms with Gasteiger partial charge < -0.3 is 10.2 Å². The van der Waals surface area contributed by atoms with Gasteiger partial charge in [-0.1, -0.05) is 36.8 Å². The highest BCUT2D eigenvalue weighted by molar-refractivity contribution is 7.89. The Morgan fingerprint density at radius 1 is 0.829 bits per heavy atom. The summed E-state index contributed by atoms with van der Waals surface area (Å²) >= 11 is 0. The van der Waals surface area contributed by atoms with Gasteiger partial charge >= 0.3 is 0 Å². The SMILES string of the molecule is O=C(CCc1ccc(S(=O)(=O)N2CCCCC2)cc1)NCCCN1CCN(c2ccccc2)CC1. The maximum Gasteiger partial charge on any atom is 0.243 e. The lowest BCUT2D eigenvalue weighted by Crippen LogP contribution is -2.47. The first-order valence-corrected chi connectivity index (χ1v) is 14.3. The van der Waals surface area contributed by atoms with Gasteiger partial charge in [-0.15, -0.1) is 0 Å². The highest BCUT2D eigenvalue weighted by Crippen LogP contribution is 2.21. The van der Waals surface area contributed by atoms with Gasteiger partial charge in [0.05, 0.1) is 4.90 Å². The predicted octanol–water partition coefficient (Wildman–Crippen LogP) is 3.12. The average Bonchev–Trinajstić information content (AvgIpc) is 2.91. The van der Waals surface area contributed by atoms with Crippen LogP contribution >= 0.6 is 0 Å². The van der Waals surface area contributed by atoms with Gasteiger partial charge in [0.15, 0.2) is 0 Å². The number of hydrogen-bond donors (Lipinski definition) is 1. The Balaban J connectivity index is 1.11. The topological polar surface area (TPSA) is 73.0 Å². The Hall–Kier alpha value is -2.42. The second kappa shape index (κ2) is 12.5. The monoisotopic (exact) mass is 498 g/mol. The lowest BCUT2D eigenvalue weighted by atomic mass is 10.1. The van der Waals surface area contributed by atoms with E-state index in [9.17, 15) is 13.2 Å². The van der Waals surface area contributed by atoms with Crippen LogP contribution in [0.1, 0.15) is 37.7 Å². The normalized spacial score (nSPS) is 17.9. The van der Waals surface area contributed by atoms with Gasteiger partial charge in [-0.3, -0.25) is 9.69 Å². The number of carbonyl (C=O) groups excluding carboxylic acids is 1. The molecule has 35 heavy (non-hydrogen) atoms. The molecule has 2 heterocycles. The molecule has 2 fully saturated rings. The van der Waals surface area contributed by atoms with E-state index < -0.39 is 10.0 Å². The van der Waals surface area contributed by atoms with Crippen LogP contribution in [0.4, 0.5) is 5.69 Å². The number of piperazine rings is 1. The number of carbonyl (C=O) groups is 1. The van der Waals surface area contributed by atoms with Crippen LogP contribution in [-0.2, 0) is 21.2 Å². The first kappa shape index (κ1) is 25.7. The van der Waals surface area contributed by atoms with E-state index in [0.29, 0.717) is 37.4 Å². The van der Waals surface area contributed by atoms with Crippen LogP contribution < -0.4 is 10.2 Å². The minimum atomic E-state index is -3.40. The highest BCUT2D eigenvalue weighted by atomic mass is 32.2. The van der Waals surface area contributed by atoms with Gasteiger partial charge in [-0.25, -0.2) is 8.42 Å². The lowest BCUT2D eigenvalue weighted by molar-refractivity contribution is -0.121. The van der Waals surface area contributed by atoms with Gasteiger partial charge in [0.2, 0.25) is 15.9 Å². The van der Waals surface area contributed by atoms with E-state index in [1.807, 2.05) is 18.2 Å². The molecule has 2 aliphatic heterocycles. The fraction of sp³-hybridized carbons (Fsp3) is 0.519. The molecule has 1 N–H and O–H groups in total. The summed E-state index contributed by atoms with van der Waals surface area (Å²) in [4.78, 5) is 17.5. The number of aryl methyl sites for hydroxylation is 1. The summed E-state index contributed by atoms with van der Waals surface area (Å²) in [6.45, 7) is 7.06. The molecule has 0 bridgehead atoms. The molecule has 0 spiro atoms. The van der Waals surface area contributed by atoms with Gasteiger partial charge in [0.25, 0.3) is 0 Å². The Bertz CT molecular complexity index is 1030. The van der Waals surface area contributed by atoms with Crippen LogP contribution in [0.25, 0.3) is 0 Å². The Morgan fingerprint density at radius 3 is 2.20 bits per heavy atom. The molecule has 2 saturated heterocycles. The molecule has 2 aliphatic rings. The molecule has 1 amide bonds. The third kappa shape index (κ3) is 7.29. The molecule has 4 rings (SSSR count). The molecule has 190 valence electrons. The number of rotatable bonds is 10. The van der Waals surface area contributed by atoms with Gasteiger partial charge in [-0.2, -0.15) is 4.31 Å². The average molecular weight is 499 g/mol. The van der Waals surface area contributed by atoms with E-state index in [0.717, 1.165) is 64.0 Å². The lowest BCUT2D eigenvalue weighted by Gasteiger charge is -2.36. The number of nitrogens with one attached hydrogen (secondary N) is 1. The van der Waals surface area contributed by atoms with E-state index in [1.54, 1.807) is 16.4 Å². The van der Waals surface area contributed by atoms with Crippen LogP contribution in [0.3, 0.4) is 0 Å². The van der Waals surface area contributed by atoms with Crippen molar-refractivity contribution in [3.05, 3.63) is 60.2 Å². The molecular formula is C27H38N4O3S. The summed E-state index contributed by atoms with van der Waals surface area (Å²) in [7, 11) is -3.40. The van der Waals surface area contributed by atoms with E-state index >= 15 is 0 Å². The molecule has 2 aromatic carbocycles. The number of anilines is 1. The quantitative estimate of drug-likeness (QED) is 0.510. The van der Waals surface area contributed by atoms with Crippen molar-refractivity contribution in [3.63, 3.8) is 0 Å². The van der Waals surface area contributed by atoms with E-state index in [4.69, 9.17) is 0 Å². The molecule has 0 unspecified atom stereocenters. The van der Waals surface area contributed by atoms with E-state index in [1.165, 1.54) is 5.69 Å². The molecular weight excluding hydrogens is 460 g/mol. The zero-order valence-corrected chi connectivity index (χ0v) is 21.4. The zero-order chi connectivity index (χ0) is 24.5. The number of sulfonamides is 1. The van der Waals surface area contributed by atoms with Crippen molar-refractivity contribution in [2.24, 2.45) is 0 Å². The molecule has 0 saturated carbocycles. The Kier molecular flexibility index (Phi) is 9.18. The second-order valence-corrected chi connectivity index (χ2v) is 11.4. The van der Waals surface area contributed by atoms with Gasteiger partial charge in [0, 0.05) is 57.9 Å². The van der Waals surface area contributed by atoms with Crippen molar-refractivity contribution in [1.29, 1.82) is 0 Å². The van der Waals surface area contributed by atoms with Crippen molar-refractivity contribution in [2.75, 3.05) is 57.3 Å². The van der Waals surface area contributed by atoms with Crippen LogP contribution in [-0.4, -0.2) is 75.9 Å². The van der Waals surface area contributed by atoms with E-state index in [2.05, 4.69) is 39.4 Å². The second-order valence-electron chi connectivity index (χ2n) is 9.48. The summed E-state index contributed by atoms with van der Waals surface area (Å²) in [5, 5.41) is 3.03.